The van der Waals surface area contributed by atoms with Gasteiger partial charge in [-0.05, 0) is 37.6 Å². The number of hydrogen-bond acceptors (Lipinski definition) is 2. The topological polar surface area (TPSA) is 29.3 Å². The Hall–Kier alpha value is -0.0800. The molecule has 1 saturated heterocycles. The first kappa shape index (κ1) is 15.0. The fraction of sp³-hybridized carbons (Fsp3) is 1.00. The van der Waals surface area contributed by atoms with Gasteiger partial charge in [-0.1, -0.05) is 40.5 Å². The van der Waals surface area contributed by atoms with E-state index in [2.05, 4.69) is 32.6 Å². The maximum atomic E-state index is 6.14. The standard InChI is InChI=1S/C15H32N2/c1-5-7-10-15(6-2,12-16)17-11-8-9-14(3,4)13-17/h5-13,16H2,1-4H3. The van der Waals surface area contributed by atoms with Crippen molar-refractivity contribution in [2.45, 2.75) is 71.8 Å². The first-order valence-corrected chi connectivity index (χ1v) is 7.45. The highest BCUT2D eigenvalue weighted by molar-refractivity contribution is 4.95. The van der Waals surface area contributed by atoms with Crippen LogP contribution in [0.3, 0.4) is 0 Å². The fourth-order valence-corrected chi connectivity index (χ4v) is 3.27. The Morgan fingerprint density at radius 2 is 2.00 bits per heavy atom. The van der Waals surface area contributed by atoms with Crippen molar-refractivity contribution in [3.05, 3.63) is 0 Å². The highest BCUT2D eigenvalue weighted by Crippen LogP contribution is 2.35. The lowest BCUT2D eigenvalue weighted by Crippen LogP contribution is -2.58. The van der Waals surface area contributed by atoms with Crippen LogP contribution in [0.2, 0.25) is 0 Å². The van der Waals surface area contributed by atoms with E-state index < -0.39 is 0 Å². The van der Waals surface area contributed by atoms with Gasteiger partial charge in [-0.3, -0.25) is 4.90 Å². The van der Waals surface area contributed by atoms with E-state index in [-0.39, 0.29) is 5.54 Å². The third-order valence-corrected chi connectivity index (χ3v) is 4.61. The van der Waals surface area contributed by atoms with Gasteiger partial charge in [0.2, 0.25) is 0 Å². The van der Waals surface area contributed by atoms with Crippen LogP contribution in [0, 0.1) is 5.41 Å². The highest BCUT2D eigenvalue weighted by atomic mass is 15.2. The van der Waals surface area contributed by atoms with E-state index in [0.29, 0.717) is 5.41 Å². The van der Waals surface area contributed by atoms with E-state index in [1.54, 1.807) is 0 Å². The first-order chi connectivity index (χ1) is 7.99. The molecule has 1 atom stereocenters. The molecule has 1 rings (SSSR count). The summed E-state index contributed by atoms with van der Waals surface area (Å²) in [4.78, 5) is 2.70. The Labute approximate surface area is 108 Å². The van der Waals surface area contributed by atoms with Crippen molar-refractivity contribution in [3.8, 4) is 0 Å². The molecule has 2 heteroatoms. The van der Waals surface area contributed by atoms with Crippen LogP contribution >= 0.6 is 0 Å². The number of nitrogens with two attached hydrogens (primary N) is 1. The lowest BCUT2D eigenvalue weighted by atomic mass is 9.79. The Balaban J connectivity index is 2.74. The number of hydrogen-bond donors (Lipinski definition) is 1. The zero-order valence-corrected chi connectivity index (χ0v) is 12.4. The third kappa shape index (κ3) is 3.69. The zero-order chi connectivity index (χ0) is 12.9. The maximum absolute atomic E-state index is 6.14. The van der Waals surface area contributed by atoms with E-state index in [0.717, 1.165) is 6.54 Å². The Morgan fingerprint density at radius 3 is 2.47 bits per heavy atom. The van der Waals surface area contributed by atoms with Crippen LogP contribution in [0.1, 0.15) is 66.2 Å². The van der Waals surface area contributed by atoms with Crippen molar-refractivity contribution < 1.29 is 0 Å². The van der Waals surface area contributed by atoms with Crippen molar-refractivity contribution in [3.63, 3.8) is 0 Å². The SMILES string of the molecule is CCCCC(CC)(CN)N1CCCC(C)(C)C1. The highest BCUT2D eigenvalue weighted by Gasteiger charge is 2.38. The van der Waals surface area contributed by atoms with Crippen LogP contribution in [0.25, 0.3) is 0 Å². The molecule has 2 N–H and O–H groups in total. The molecule has 0 radical (unpaired) electrons. The Kier molecular flexibility index (Phi) is 5.46. The minimum absolute atomic E-state index is 0.272. The van der Waals surface area contributed by atoms with Gasteiger partial charge in [0.25, 0.3) is 0 Å². The van der Waals surface area contributed by atoms with E-state index in [1.165, 1.54) is 51.6 Å². The smallest absolute Gasteiger partial charge is 0.0329 e. The van der Waals surface area contributed by atoms with Crippen LogP contribution in [-0.2, 0) is 0 Å². The molecule has 1 heterocycles. The van der Waals surface area contributed by atoms with Gasteiger partial charge in [0.15, 0.2) is 0 Å². The minimum Gasteiger partial charge on any atom is -0.329 e. The summed E-state index contributed by atoms with van der Waals surface area (Å²) >= 11 is 0. The number of likely N-dealkylation sites (tertiary alicyclic amines) is 1. The molecule has 0 spiro atoms. The second-order valence-corrected chi connectivity index (χ2v) is 6.57. The zero-order valence-electron chi connectivity index (χ0n) is 12.4. The molecule has 1 fully saturated rings. The molecule has 2 nitrogen and oxygen atoms in total. The monoisotopic (exact) mass is 240 g/mol. The van der Waals surface area contributed by atoms with Gasteiger partial charge in [-0.2, -0.15) is 0 Å². The molecule has 1 unspecified atom stereocenters. The molecule has 0 aliphatic carbocycles. The molecule has 17 heavy (non-hydrogen) atoms. The molecular formula is C15H32N2. The molecular weight excluding hydrogens is 208 g/mol. The van der Waals surface area contributed by atoms with Crippen LogP contribution in [0.5, 0.6) is 0 Å². The van der Waals surface area contributed by atoms with E-state index in [4.69, 9.17) is 5.73 Å². The number of rotatable bonds is 6. The first-order valence-electron chi connectivity index (χ1n) is 7.45. The summed E-state index contributed by atoms with van der Waals surface area (Å²) in [5, 5.41) is 0. The predicted octanol–water partition coefficient (Wildman–Crippen LogP) is 3.41. The van der Waals surface area contributed by atoms with E-state index in [9.17, 15) is 0 Å². The molecule has 0 saturated carbocycles. The van der Waals surface area contributed by atoms with Crippen LogP contribution in [-0.4, -0.2) is 30.1 Å². The number of unbranched alkanes of at least 4 members (excludes halogenated alkanes) is 1. The third-order valence-electron chi connectivity index (χ3n) is 4.61. The van der Waals surface area contributed by atoms with Gasteiger partial charge in [-0.15, -0.1) is 0 Å². The number of piperidine rings is 1. The van der Waals surface area contributed by atoms with Crippen molar-refractivity contribution in [2.24, 2.45) is 11.1 Å². The molecule has 0 aromatic heterocycles. The Morgan fingerprint density at radius 1 is 1.29 bits per heavy atom. The lowest BCUT2D eigenvalue weighted by molar-refractivity contribution is 0.00931. The van der Waals surface area contributed by atoms with Gasteiger partial charge < -0.3 is 5.73 Å². The molecule has 0 amide bonds. The van der Waals surface area contributed by atoms with Crippen molar-refractivity contribution in [1.82, 2.24) is 4.90 Å². The average molecular weight is 240 g/mol. The van der Waals surface area contributed by atoms with Crippen LogP contribution in [0.15, 0.2) is 0 Å². The van der Waals surface area contributed by atoms with Crippen molar-refractivity contribution in [1.29, 1.82) is 0 Å². The van der Waals surface area contributed by atoms with Gasteiger partial charge in [0, 0.05) is 18.6 Å². The molecule has 1 aliphatic heterocycles. The van der Waals surface area contributed by atoms with Gasteiger partial charge in [0.1, 0.15) is 0 Å². The Bertz CT molecular complexity index is 219. The van der Waals surface area contributed by atoms with Crippen LogP contribution < -0.4 is 5.73 Å². The summed E-state index contributed by atoms with van der Waals surface area (Å²) in [5.74, 6) is 0. The van der Waals surface area contributed by atoms with Crippen molar-refractivity contribution >= 4 is 0 Å². The van der Waals surface area contributed by atoms with E-state index in [1.807, 2.05) is 0 Å². The number of nitrogens with zero attached hydrogens (tertiary/aromatic N) is 1. The summed E-state index contributed by atoms with van der Waals surface area (Å²) in [6.07, 6.45) is 7.75. The van der Waals surface area contributed by atoms with Crippen molar-refractivity contribution in [2.75, 3.05) is 19.6 Å². The molecule has 0 bridgehead atoms. The summed E-state index contributed by atoms with van der Waals surface area (Å²) < 4.78 is 0. The summed E-state index contributed by atoms with van der Waals surface area (Å²) in [6.45, 7) is 12.7. The van der Waals surface area contributed by atoms with Crippen LogP contribution in [0.4, 0.5) is 0 Å². The molecule has 102 valence electrons. The van der Waals surface area contributed by atoms with Gasteiger partial charge in [0.05, 0.1) is 0 Å². The quantitative estimate of drug-likeness (QED) is 0.771. The fourth-order valence-electron chi connectivity index (χ4n) is 3.27. The normalized spacial score (nSPS) is 24.5. The predicted molar refractivity (Wildman–Crippen MR) is 76.2 cm³/mol. The molecule has 1 aliphatic rings. The summed E-state index contributed by atoms with van der Waals surface area (Å²) in [5.41, 5.74) is 6.88. The van der Waals surface area contributed by atoms with E-state index >= 15 is 0 Å². The van der Waals surface area contributed by atoms with Gasteiger partial charge in [-0.25, -0.2) is 0 Å². The molecule has 0 aromatic rings. The summed E-state index contributed by atoms with van der Waals surface area (Å²) in [6, 6.07) is 0. The van der Waals surface area contributed by atoms with Gasteiger partial charge >= 0.3 is 0 Å². The maximum Gasteiger partial charge on any atom is 0.0329 e. The minimum atomic E-state index is 0.272. The summed E-state index contributed by atoms with van der Waals surface area (Å²) in [7, 11) is 0. The largest absolute Gasteiger partial charge is 0.329 e. The molecule has 0 aromatic carbocycles. The average Bonchev–Trinajstić information content (AvgIpc) is 2.30. The second kappa shape index (κ2) is 6.19. The lowest BCUT2D eigenvalue weighted by Gasteiger charge is -2.49. The second-order valence-electron chi connectivity index (χ2n) is 6.57.